The van der Waals surface area contributed by atoms with Crippen LogP contribution in [-0.4, -0.2) is 10.2 Å². The predicted octanol–water partition coefficient (Wildman–Crippen LogP) is 2.13. The molecule has 0 saturated heterocycles. The highest BCUT2D eigenvalue weighted by molar-refractivity contribution is 9.11. The van der Waals surface area contributed by atoms with E-state index in [2.05, 4.69) is 52.6 Å². The summed E-state index contributed by atoms with van der Waals surface area (Å²) in [6.07, 6.45) is 0. The third-order valence-electron chi connectivity index (χ3n) is 2.44. The van der Waals surface area contributed by atoms with Crippen LogP contribution in [0.4, 0.5) is 0 Å². The maximum absolute atomic E-state index is 3.62. The van der Waals surface area contributed by atoms with Gasteiger partial charge in [-0.15, -0.1) is 0 Å². The molecule has 0 aliphatic heterocycles. The lowest BCUT2D eigenvalue weighted by molar-refractivity contribution is 1.25. The normalized spacial score (nSPS) is 10.8. The zero-order chi connectivity index (χ0) is 9.46. The molecule has 0 radical (unpaired) electrons. The molecule has 0 heterocycles. The van der Waals surface area contributed by atoms with Crippen molar-refractivity contribution in [2.75, 3.05) is 0 Å². The van der Waals surface area contributed by atoms with Crippen LogP contribution < -0.4 is 5.19 Å². The summed E-state index contributed by atoms with van der Waals surface area (Å²) in [5.74, 6) is 0. The molecule has 0 N–H and O–H groups in total. The quantitative estimate of drug-likeness (QED) is 0.644. The minimum Gasteiger partial charge on any atom is -0.0507 e. The molecule has 1 aromatic carbocycles. The highest BCUT2D eigenvalue weighted by Crippen LogP contribution is 2.26. The summed E-state index contributed by atoms with van der Waals surface area (Å²) in [6, 6.07) is 0. The van der Waals surface area contributed by atoms with Crippen molar-refractivity contribution in [1.29, 1.82) is 0 Å². The van der Waals surface area contributed by atoms with Crippen molar-refractivity contribution < 1.29 is 0 Å². The molecule has 1 aromatic rings. The van der Waals surface area contributed by atoms with Gasteiger partial charge in [0.2, 0.25) is 0 Å². The topological polar surface area (TPSA) is 0 Å². The third-order valence-corrected chi connectivity index (χ3v) is 7.28. The molecule has 0 saturated carbocycles. The summed E-state index contributed by atoms with van der Waals surface area (Å²) < 4.78 is 2.56. The monoisotopic (exact) mass is 306 g/mol. The Bertz CT molecular complexity index is 227. The Morgan fingerprint density at radius 1 is 0.833 bits per heavy atom. The molecule has 0 fully saturated rings. The molecule has 66 valence electrons. The van der Waals surface area contributed by atoms with E-state index in [0.717, 1.165) is 10.2 Å². The molecule has 3 heteroatoms. The highest BCUT2D eigenvalue weighted by Gasteiger charge is 2.09. The largest absolute Gasteiger partial charge is 0.0507 e. The molecule has 1 rings (SSSR count). The second kappa shape index (κ2) is 3.64. The third kappa shape index (κ3) is 1.54. The van der Waals surface area contributed by atoms with Gasteiger partial charge in [-0.25, -0.2) is 0 Å². The molecule has 0 amide bonds. The van der Waals surface area contributed by atoms with Crippen molar-refractivity contribution in [1.82, 2.24) is 0 Å². The number of benzene rings is 1. The van der Waals surface area contributed by atoms with E-state index in [9.17, 15) is 0 Å². The zero-order valence-electron chi connectivity index (χ0n) is 7.76. The van der Waals surface area contributed by atoms with Crippen molar-refractivity contribution in [3.63, 3.8) is 0 Å². The Labute approximate surface area is 93.4 Å². The van der Waals surface area contributed by atoms with Gasteiger partial charge < -0.3 is 0 Å². The van der Waals surface area contributed by atoms with Crippen molar-refractivity contribution in [2.24, 2.45) is 0 Å². The molecule has 0 spiro atoms. The zero-order valence-corrected chi connectivity index (χ0v) is 12.9. The smallest absolute Gasteiger partial charge is 0.0414 e. The lowest BCUT2D eigenvalue weighted by Gasteiger charge is -2.13. The Morgan fingerprint density at radius 3 is 1.50 bits per heavy atom. The summed E-state index contributed by atoms with van der Waals surface area (Å²) in [5, 5.41) is 1.43. The van der Waals surface area contributed by atoms with Crippen molar-refractivity contribution in [2.45, 2.75) is 20.8 Å². The van der Waals surface area contributed by atoms with Crippen molar-refractivity contribution in [3.8, 4) is 0 Å². The molecule has 0 aromatic heterocycles. The van der Waals surface area contributed by atoms with Gasteiger partial charge in [0.15, 0.2) is 0 Å². The second-order valence-electron chi connectivity index (χ2n) is 3.13. The Morgan fingerprint density at radius 2 is 1.17 bits per heavy atom. The molecular formula is C9H12Br2Si. The molecule has 0 unspecified atom stereocenters. The fraction of sp³-hybridized carbons (Fsp3) is 0.333. The van der Waals surface area contributed by atoms with Gasteiger partial charge in [0.1, 0.15) is 0 Å². The predicted molar refractivity (Wildman–Crippen MR) is 65.6 cm³/mol. The number of hydrogen-bond donors (Lipinski definition) is 0. The second-order valence-corrected chi connectivity index (χ2v) is 5.71. The fourth-order valence-corrected chi connectivity index (χ4v) is 3.28. The average Bonchev–Trinajstić information content (AvgIpc) is 2.08. The molecular weight excluding hydrogens is 296 g/mol. The highest BCUT2D eigenvalue weighted by atomic mass is 79.9. The summed E-state index contributed by atoms with van der Waals surface area (Å²) in [4.78, 5) is 0. The molecule has 0 aliphatic carbocycles. The molecule has 12 heavy (non-hydrogen) atoms. The summed E-state index contributed by atoms with van der Waals surface area (Å²) in [6.45, 7) is 6.50. The summed E-state index contributed by atoms with van der Waals surface area (Å²) >= 11 is 7.24. The number of rotatable bonds is 0. The Hall–Kier alpha value is 0.397. The van der Waals surface area contributed by atoms with E-state index in [1.165, 1.54) is 30.8 Å². The Kier molecular flexibility index (Phi) is 3.18. The summed E-state index contributed by atoms with van der Waals surface area (Å²) in [5.41, 5.74) is 4.13. The van der Waals surface area contributed by atoms with Gasteiger partial charge in [-0.05, 0) is 42.6 Å². The van der Waals surface area contributed by atoms with E-state index in [1.54, 1.807) is 0 Å². The van der Waals surface area contributed by atoms with Crippen LogP contribution in [0.3, 0.4) is 0 Å². The van der Waals surface area contributed by atoms with Crippen LogP contribution >= 0.6 is 31.9 Å². The lowest BCUT2D eigenvalue weighted by Crippen LogP contribution is -2.11. The van der Waals surface area contributed by atoms with Crippen LogP contribution in [-0.2, 0) is 0 Å². The van der Waals surface area contributed by atoms with Gasteiger partial charge in [0, 0.05) is 19.2 Å². The Balaban J connectivity index is 3.60. The van der Waals surface area contributed by atoms with Gasteiger partial charge in [-0.3, -0.25) is 0 Å². The van der Waals surface area contributed by atoms with E-state index in [0.29, 0.717) is 0 Å². The molecule has 0 nitrogen and oxygen atoms in total. The van der Waals surface area contributed by atoms with Gasteiger partial charge in [-0.1, -0.05) is 31.9 Å². The van der Waals surface area contributed by atoms with E-state index in [1.807, 2.05) is 0 Å². The first-order valence-electron chi connectivity index (χ1n) is 3.88. The minimum absolute atomic E-state index is 1.08. The van der Waals surface area contributed by atoms with E-state index < -0.39 is 0 Å². The number of halogens is 2. The van der Waals surface area contributed by atoms with Gasteiger partial charge >= 0.3 is 0 Å². The first kappa shape index (κ1) is 10.5. The van der Waals surface area contributed by atoms with Crippen LogP contribution in [0.2, 0.25) is 0 Å². The van der Waals surface area contributed by atoms with Crippen molar-refractivity contribution >= 4 is 47.3 Å². The van der Waals surface area contributed by atoms with Gasteiger partial charge in [-0.2, -0.15) is 0 Å². The van der Waals surface area contributed by atoms with E-state index >= 15 is 0 Å². The standard InChI is InChI=1S/C9H12Br2Si/c1-4-5(2)7(10)9(12)8(11)6(4)3/h1-3,12H3. The average molecular weight is 308 g/mol. The van der Waals surface area contributed by atoms with Crippen LogP contribution in [0.1, 0.15) is 16.7 Å². The first-order valence-corrected chi connectivity index (χ1v) is 6.46. The molecule has 0 bridgehead atoms. The summed E-state index contributed by atoms with van der Waals surface area (Å²) in [7, 11) is 1.08. The molecule has 0 atom stereocenters. The lowest BCUT2D eigenvalue weighted by atomic mass is 10.1. The fourth-order valence-electron chi connectivity index (χ4n) is 1.27. The maximum Gasteiger partial charge on any atom is 0.0414 e. The van der Waals surface area contributed by atoms with E-state index in [-0.39, 0.29) is 0 Å². The number of hydrogen-bond acceptors (Lipinski definition) is 0. The first-order chi connectivity index (χ1) is 5.46. The minimum atomic E-state index is 1.08. The molecule has 0 aliphatic rings. The van der Waals surface area contributed by atoms with Crippen molar-refractivity contribution in [3.05, 3.63) is 25.6 Å². The van der Waals surface area contributed by atoms with Crippen LogP contribution in [0, 0.1) is 20.8 Å². The van der Waals surface area contributed by atoms with Gasteiger partial charge in [0.05, 0.1) is 0 Å². The SMILES string of the molecule is Cc1c(C)c(Br)c([SiH3])c(Br)c1C. The maximum atomic E-state index is 3.62. The van der Waals surface area contributed by atoms with Crippen LogP contribution in [0.5, 0.6) is 0 Å². The van der Waals surface area contributed by atoms with Gasteiger partial charge in [0.25, 0.3) is 0 Å². The van der Waals surface area contributed by atoms with Crippen LogP contribution in [0.15, 0.2) is 8.95 Å². The van der Waals surface area contributed by atoms with Crippen LogP contribution in [0.25, 0.3) is 0 Å². The van der Waals surface area contributed by atoms with E-state index in [4.69, 9.17) is 0 Å².